The summed E-state index contributed by atoms with van der Waals surface area (Å²) >= 11 is 6.76. The summed E-state index contributed by atoms with van der Waals surface area (Å²) in [5.41, 5.74) is 4.86. The first-order valence-corrected chi connectivity index (χ1v) is 17.4. The third kappa shape index (κ3) is 5.61. The predicted octanol–water partition coefficient (Wildman–Crippen LogP) is 4.58. The van der Waals surface area contributed by atoms with Gasteiger partial charge in [-0.3, -0.25) is 4.90 Å². The minimum Gasteiger partial charge on any atom is -0.461 e. The second kappa shape index (κ2) is 11.8. The molecule has 2 bridgehead atoms. The third-order valence-corrected chi connectivity index (χ3v) is 11.5. The number of anilines is 2. The normalized spacial score (nSPS) is 29.1. The molecule has 45 heavy (non-hydrogen) atoms. The third-order valence-electron chi connectivity index (χ3n) is 11.2. The highest BCUT2D eigenvalue weighted by Gasteiger charge is 2.50. The summed E-state index contributed by atoms with van der Waals surface area (Å²) in [5, 5.41) is 4.66. The summed E-state index contributed by atoms with van der Waals surface area (Å²) in [7, 11) is 3.45. The van der Waals surface area contributed by atoms with E-state index in [0.29, 0.717) is 37.2 Å². The van der Waals surface area contributed by atoms with Crippen molar-refractivity contribution in [2.45, 2.75) is 93.9 Å². The molecule has 6 heterocycles. The molecule has 1 N–H and O–H groups in total. The van der Waals surface area contributed by atoms with Crippen LogP contribution in [-0.4, -0.2) is 103 Å². The number of halogens is 1. The Kier molecular flexibility index (Phi) is 7.73. The first-order valence-electron chi connectivity index (χ1n) is 17.0. The van der Waals surface area contributed by atoms with Crippen molar-refractivity contribution < 1.29 is 14.3 Å². The van der Waals surface area contributed by atoms with Crippen LogP contribution >= 0.6 is 11.6 Å². The molecule has 0 spiro atoms. The van der Waals surface area contributed by atoms with Crippen molar-refractivity contribution >= 4 is 29.2 Å². The van der Waals surface area contributed by atoms with Crippen molar-refractivity contribution in [3.05, 3.63) is 40.0 Å². The number of carbonyl (C=O) groups is 1. The second-order valence-corrected chi connectivity index (χ2v) is 14.8. The summed E-state index contributed by atoms with van der Waals surface area (Å²) in [6.45, 7) is 5.61. The molecule has 1 aromatic heterocycles. The highest BCUT2D eigenvalue weighted by molar-refractivity contribution is 6.31. The summed E-state index contributed by atoms with van der Waals surface area (Å²) in [6, 6.07) is 8.12. The lowest BCUT2D eigenvalue weighted by atomic mass is 9.95. The number of fused-ring (bicyclic) bond motifs is 4. The summed E-state index contributed by atoms with van der Waals surface area (Å²) in [6.07, 6.45) is 9.76. The lowest BCUT2D eigenvalue weighted by molar-refractivity contribution is 0.0483. The topological polar surface area (TPSA) is 86.3 Å². The number of nitrogens with one attached hydrogen (secondary N) is 1. The zero-order valence-electron chi connectivity index (χ0n) is 26.6. The molecule has 242 valence electrons. The number of ether oxygens (including phenoxy) is 2. The maximum absolute atomic E-state index is 12.1. The molecule has 5 aliphatic heterocycles. The number of benzene rings is 1. The molecule has 1 aliphatic carbocycles. The predicted molar refractivity (Wildman–Crippen MR) is 175 cm³/mol. The molecule has 0 radical (unpaired) electrons. The molecule has 4 atom stereocenters. The van der Waals surface area contributed by atoms with Crippen LogP contribution in [-0.2, 0) is 17.7 Å². The number of aromatic nitrogens is 2. The summed E-state index contributed by atoms with van der Waals surface area (Å²) < 4.78 is 12.3. The minimum absolute atomic E-state index is 0.0608. The zero-order chi connectivity index (χ0) is 30.7. The highest BCUT2D eigenvalue weighted by Crippen LogP contribution is 2.48. The summed E-state index contributed by atoms with van der Waals surface area (Å²) in [5.74, 6) is 1.64. The largest absolute Gasteiger partial charge is 0.461 e. The first-order chi connectivity index (χ1) is 21.9. The molecular formula is C34H46ClN7O3. The van der Waals surface area contributed by atoms with Gasteiger partial charge in [-0.1, -0.05) is 17.7 Å². The van der Waals surface area contributed by atoms with Crippen molar-refractivity contribution in [2.24, 2.45) is 0 Å². The van der Waals surface area contributed by atoms with Gasteiger partial charge in [0.25, 0.3) is 0 Å². The van der Waals surface area contributed by atoms with Crippen molar-refractivity contribution in [3.8, 4) is 6.01 Å². The molecule has 2 unspecified atom stereocenters. The van der Waals surface area contributed by atoms with E-state index in [0.717, 1.165) is 81.4 Å². The fraction of sp³-hybridized carbons (Fsp3) is 0.676. The van der Waals surface area contributed by atoms with Crippen molar-refractivity contribution in [1.29, 1.82) is 0 Å². The summed E-state index contributed by atoms with van der Waals surface area (Å²) in [4.78, 5) is 31.4. The number of nitrogens with zero attached hydrogens (tertiary/aromatic N) is 6. The van der Waals surface area contributed by atoms with E-state index in [4.69, 9.17) is 31.0 Å². The van der Waals surface area contributed by atoms with Gasteiger partial charge in [-0.2, -0.15) is 9.97 Å². The van der Waals surface area contributed by atoms with Crippen molar-refractivity contribution in [1.82, 2.24) is 25.1 Å². The van der Waals surface area contributed by atoms with Crippen molar-refractivity contribution in [3.63, 3.8) is 0 Å². The van der Waals surface area contributed by atoms with Crippen LogP contribution in [0.15, 0.2) is 18.2 Å². The van der Waals surface area contributed by atoms with Gasteiger partial charge in [0.05, 0.1) is 17.8 Å². The zero-order valence-corrected chi connectivity index (χ0v) is 27.4. The average molecular weight is 636 g/mol. The van der Waals surface area contributed by atoms with Crippen LogP contribution in [0.3, 0.4) is 0 Å². The van der Waals surface area contributed by atoms with Gasteiger partial charge in [-0.15, -0.1) is 0 Å². The van der Waals surface area contributed by atoms with Crippen LogP contribution in [0.2, 0.25) is 5.02 Å². The van der Waals surface area contributed by atoms with Gasteiger partial charge >= 0.3 is 12.1 Å². The minimum atomic E-state index is -0.282. The van der Waals surface area contributed by atoms with Crippen molar-refractivity contribution in [2.75, 3.05) is 63.3 Å². The van der Waals surface area contributed by atoms with E-state index in [1.165, 1.54) is 47.4 Å². The lowest BCUT2D eigenvalue weighted by Crippen LogP contribution is -2.52. The molecule has 8 rings (SSSR count). The van der Waals surface area contributed by atoms with Gasteiger partial charge in [0.1, 0.15) is 19.0 Å². The van der Waals surface area contributed by atoms with Crippen LogP contribution < -0.4 is 19.9 Å². The van der Waals surface area contributed by atoms with Crippen LogP contribution in [0.4, 0.5) is 16.3 Å². The Morgan fingerprint density at radius 3 is 2.67 bits per heavy atom. The molecule has 1 saturated carbocycles. The quantitative estimate of drug-likeness (QED) is 0.448. The Morgan fingerprint density at radius 1 is 1.07 bits per heavy atom. The van der Waals surface area contributed by atoms with Gasteiger partial charge in [0, 0.05) is 68.1 Å². The second-order valence-electron chi connectivity index (χ2n) is 14.4. The number of hydrogen-bond donors (Lipinski definition) is 1. The Morgan fingerprint density at radius 2 is 1.89 bits per heavy atom. The highest BCUT2D eigenvalue weighted by atomic mass is 35.5. The Labute approximate surface area is 271 Å². The van der Waals surface area contributed by atoms with E-state index in [9.17, 15) is 4.79 Å². The van der Waals surface area contributed by atoms with E-state index < -0.39 is 0 Å². The average Bonchev–Trinajstić information content (AvgIpc) is 3.58. The Hall–Kier alpha value is -2.82. The standard InChI is InChI=1S/C34H46ClN7O3/c1-39(2)33(43)44-20-25-11-14-34(13-4-15-42(25)34)21-45-32-37-28-19-40(29-6-3-5-27(35)30(29)22-7-8-22)16-12-26(28)31(38-32)41-17-23-9-10-24(18-41)36-23/h3,5-6,22-25,36H,4,7-21H2,1-2H3/t23?,24?,25-,34-/m1/s1. The Bertz CT molecular complexity index is 1440. The first kappa shape index (κ1) is 29.6. The van der Waals surface area contributed by atoms with E-state index in [2.05, 4.69) is 32.1 Å². The molecule has 1 aromatic carbocycles. The van der Waals surface area contributed by atoms with E-state index in [1.807, 2.05) is 6.07 Å². The van der Waals surface area contributed by atoms with Crippen LogP contribution in [0.25, 0.3) is 0 Å². The maximum atomic E-state index is 12.1. The fourth-order valence-corrected chi connectivity index (χ4v) is 9.08. The molecule has 11 heteroatoms. The van der Waals surface area contributed by atoms with Gasteiger partial charge in [0.2, 0.25) is 0 Å². The number of piperazine rings is 1. The fourth-order valence-electron chi connectivity index (χ4n) is 8.75. The molecule has 6 aliphatic rings. The molecule has 5 fully saturated rings. The van der Waals surface area contributed by atoms with Gasteiger partial charge < -0.3 is 29.5 Å². The molecule has 1 amide bonds. The SMILES string of the molecule is CN(C)C(=O)OC[C@H]1CC[C@@]2(COc3nc4c(c(N5CC6CCC(C5)N6)n3)CCN(c3cccc(Cl)c3C3CC3)C4)CCCN12. The molecule has 2 aromatic rings. The van der Waals surface area contributed by atoms with E-state index in [-0.39, 0.29) is 17.7 Å². The van der Waals surface area contributed by atoms with Gasteiger partial charge in [-0.05, 0) is 87.9 Å². The lowest BCUT2D eigenvalue weighted by Gasteiger charge is -2.38. The van der Waals surface area contributed by atoms with Crippen LogP contribution in [0.5, 0.6) is 6.01 Å². The van der Waals surface area contributed by atoms with Crippen LogP contribution in [0, 0.1) is 0 Å². The Balaban J connectivity index is 1.06. The number of rotatable bonds is 8. The number of hydrogen-bond acceptors (Lipinski definition) is 9. The molecular weight excluding hydrogens is 590 g/mol. The smallest absolute Gasteiger partial charge is 0.409 e. The van der Waals surface area contributed by atoms with Crippen LogP contribution in [0.1, 0.15) is 74.1 Å². The molecule has 10 nitrogen and oxygen atoms in total. The van der Waals surface area contributed by atoms with Gasteiger partial charge in [-0.25, -0.2) is 4.79 Å². The number of carbonyl (C=O) groups excluding carboxylic acids is 1. The maximum Gasteiger partial charge on any atom is 0.409 e. The monoisotopic (exact) mass is 635 g/mol. The molecule has 4 saturated heterocycles. The van der Waals surface area contributed by atoms with E-state index in [1.54, 1.807) is 14.1 Å². The van der Waals surface area contributed by atoms with Gasteiger partial charge in [0.15, 0.2) is 0 Å². The number of amides is 1. The van der Waals surface area contributed by atoms with E-state index >= 15 is 0 Å².